The highest BCUT2D eigenvalue weighted by atomic mass is 16.5. The van der Waals surface area contributed by atoms with Crippen molar-refractivity contribution in [3.63, 3.8) is 0 Å². The van der Waals surface area contributed by atoms with Gasteiger partial charge in [-0.05, 0) is 24.3 Å². The van der Waals surface area contributed by atoms with Crippen molar-refractivity contribution < 1.29 is 23.9 Å². The van der Waals surface area contributed by atoms with Crippen molar-refractivity contribution in [2.75, 3.05) is 30.5 Å². The highest BCUT2D eigenvalue weighted by Crippen LogP contribution is 2.33. The topological polar surface area (TPSA) is 103 Å². The van der Waals surface area contributed by atoms with E-state index >= 15 is 0 Å². The van der Waals surface area contributed by atoms with E-state index in [-0.39, 0.29) is 18.9 Å². The zero-order chi connectivity index (χ0) is 26.5. The lowest BCUT2D eigenvalue weighted by Crippen LogP contribution is -2.28. The molecule has 1 aromatic heterocycles. The number of ether oxygens (including phenoxy) is 2. The highest BCUT2D eigenvalue weighted by Gasteiger charge is 2.37. The van der Waals surface area contributed by atoms with Crippen LogP contribution in [0.4, 0.5) is 11.5 Å². The first-order chi connectivity index (χ1) is 18.5. The standard InChI is InChI=1S/C29H26N4O5/c1-37-25-15-9-8-14-24(25)32-18-21(16-28(32)35)29(36)38-19-27(34)30-26-17-23(20-10-4-2-5-11-20)31-33(26)22-12-6-3-7-13-22/h2-15,17,21H,16,18-19H2,1H3,(H,30,34). The van der Waals surface area contributed by atoms with Crippen molar-refractivity contribution in [2.45, 2.75) is 6.42 Å². The zero-order valence-corrected chi connectivity index (χ0v) is 20.7. The summed E-state index contributed by atoms with van der Waals surface area (Å²) >= 11 is 0. The molecular formula is C29H26N4O5. The number of carbonyl (C=O) groups excluding carboxylic acids is 3. The van der Waals surface area contributed by atoms with Crippen LogP contribution in [0.25, 0.3) is 16.9 Å². The summed E-state index contributed by atoms with van der Waals surface area (Å²) in [6, 6.07) is 27.9. The lowest BCUT2D eigenvalue weighted by Gasteiger charge is -2.19. The zero-order valence-electron chi connectivity index (χ0n) is 20.7. The number of esters is 1. The molecule has 0 saturated carbocycles. The summed E-state index contributed by atoms with van der Waals surface area (Å²) in [6.07, 6.45) is -0.000283. The molecule has 1 saturated heterocycles. The molecule has 192 valence electrons. The van der Waals surface area contributed by atoms with E-state index in [1.54, 1.807) is 35.0 Å². The summed E-state index contributed by atoms with van der Waals surface area (Å²) in [7, 11) is 1.52. The number of hydrogen-bond donors (Lipinski definition) is 1. The van der Waals surface area contributed by atoms with Crippen LogP contribution in [-0.4, -0.2) is 47.8 Å². The molecule has 0 radical (unpaired) electrons. The van der Waals surface area contributed by atoms with Crippen molar-refractivity contribution in [1.29, 1.82) is 0 Å². The number of nitrogens with one attached hydrogen (secondary N) is 1. The Balaban J connectivity index is 1.25. The Hall–Kier alpha value is -4.92. The molecule has 38 heavy (non-hydrogen) atoms. The molecule has 1 atom stereocenters. The largest absolute Gasteiger partial charge is 0.495 e. The summed E-state index contributed by atoms with van der Waals surface area (Å²) in [5.41, 5.74) is 2.94. The predicted molar refractivity (Wildman–Crippen MR) is 142 cm³/mol. The summed E-state index contributed by atoms with van der Waals surface area (Å²) in [5.74, 6) is -1.03. The van der Waals surface area contributed by atoms with Crippen molar-refractivity contribution in [3.8, 4) is 22.7 Å². The van der Waals surface area contributed by atoms with Crippen molar-refractivity contribution >= 4 is 29.3 Å². The second kappa shape index (κ2) is 11.0. The molecule has 5 rings (SSSR count). The van der Waals surface area contributed by atoms with Gasteiger partial charge in [0.15, 0.2) is 6.61 Å². The Morgan fingerprint density at radius 3 is 2.39 bits per heavy atom. The maximum atomic E-state index is 12.8. The van der Waals surface area contributed by atoms with Gasteiger partial charge in [-0.1, -0.05) is 60.7 Å². The van der Waals surface area contributed by atoms with Crippen LogP contribution in [0, 0.1) is 5.92 Å². The second-order valence-corrected chi connectivity index (χ2v) is 8.76. The van der Waals surface area contributed by atoms with E-state index in [9.17, 15) is 14.4 Å². The molecule has 9 heteroatoms. The van der Waals surface area contributed by atoms with Gasteiger partial charge in [-0.3, -0.25) is 14.4 Å². The molecule has 2 heterocycles. The number of hydrogen-bond acceptors (Lipinski definition) is 6. The fraction of sp³-hybridized carbons (Fsp3) is 0.172. The van der Waals surface area contributed by atoms with E-state index in [2.05, 4.69) is 10.4 Å². The molecule has 0 aliphatic carbocycles. The van der Waals surface area contributed by atoms with E-state index < -0.39 is 24.4 Å². The van der Waals surface area contributed by atoms with E-state index in [1.807, 2.05) is 60.7 Å². The Kier molecular flexibility index (Phi) is 7.17. The Labute approximate surface area is 219 Å². The van der Waals surface area contributed by atoms with Crippen molar-refractivity contribution in [1.82, 2.24) is 9.78 Å². The Morgan fingerprint density at radius 2 is 1.66 bits per heavy atom. The van der Waals surface area contributed by atoms with E-state index in [0.717, 1.165) is 11.3 Å². The minimum Gasteiger partial charge on any atom is -0.495 e. The lowest BCUT2D eigenvalue weighted by molar-refractivity contribution is -0.151. The predicted octanol–water partition coefficient (Wildman–Crippen LogP) is 4.08. The van der Waals surface area contributed by atoms with Crippen molar-refractivity contribution in [3.05, 3.63) is 91.0 Å². The average Bonchev–Trinajstić information content (AvgIpc) is 3.56. The third-order valence-electron chi connectivity index (χ3n) is 6.23. The van der Waals surface area contributed by atoms with Gasteiger partial charge in [0.2, 0.25) is 5.91 Å². The van der Waals surface area contributed by atoms with Crippen molar-refractivity contribution in [2.24, 2.45) is 5.92 Å². The summed E-state index contributed by atoms with van der Waals surface area (Å²) in [6.45, 7) is -0.334. The fourth-order valence-electron chi connectivity index (χ4n) is 4.37. The van der Waals surface area contributed by atoms with Gasteiger partial charge in [0.05, 0.1) is 30.1 Å². The molecule has 1 fully saturated rings. The van der Waals surface area contributed by atoms with Gasteiger partial charge in [0, 0.05) is 24.6 Å². The molecule has 1 aliphatic heterocycles. The second-order valence-electron chi connectivity index (χ2n) is 8.76. The maximum absolute atomic E-state index is 12.8. The molecule has 1 aliphatic rings. The Bertz CT molecular complexity index is 1450. The fourth-order valence-corrected chi connectivity index (χ4v) is 4.37. The highest BCUT2D eigenvalue weighted by molar-refractivity contribution is 6.01. The van der Waals surface area contributed by atoms with Gasteiger partial charge < -0.3 is 19.7 Å². The third kappa shape index (κ3) is 5.27. The van der Waals surface area contributed by atoms with Crippen LogP contribution in [0.15, 0.2) is 91.0 Å². The van der Waals surface area contributed by atoms with Gasteiger partial charge in [-0.15, -0.1) is 0 Å². The van der Waals surface area contributed by atoms with Crippen LogP contribution in [0.3, 0.4) is 0 Å². The van der Waals surface area contributed by atoms with Gasteiger partial charge >= 0.3 is 5.97 Å². The summed E-state index contributed by atoms with van der Waals surface area (Å²) in [4.78, 5) is 39.6. The smallest absolute Gasteiger partial charge is 0.311 e. The first-order valence-electron chi connectivity index (χ1n) is 12.1. The van der Waals surface area contributed by atoms with Gasteiger partial charge in [-0.25, -0.2) is 4.68 Å². The lowest BCUT2D eigenvalue weighted by atomic mass is 10.1. The molecule has 2 amide bonds. The number of methoxy groups -OCH3 is 1. The number of aromatic nitrogens is 2. The molecular weight excluding hydrogens is 484 g/mol. The number of carbonyl (C=O) groups is 3. The molecule has 3 aromatic carbocycles. The molecule has 1 N–H and O–H groups in total. The van der Waals surface area contributed by atoms with Crippen LogP contribution in [0.5, 0.6) is 5.75 Å². The number of amides is 2. The van der Waals surface area contributed by atoms with Gasteiger partial charge in [0.25, 0.3) is 5.91 Å². The number of benzene rings is 3. The molecule has 0 spiro atoms. The summed E-state index contributed by atoms with van der Waals surface area (Å²) < 4.78 is 12.3. The van der Waals surface area contributed by atoms with E-state index in [1.165, 1.54) is 12.0 Å². The van der Waals surface area contributed by atoms with Crippen LogP contribution < -0.4 is 15.0 Å². The van der Waals surface area contributed by atoms with Gasteiger partial charge in [0.1, 0.15) is 11.6 Å². The number of nitrogens with zero attached hydrogens (tertiary/aromatic N) is 3. The molecule has 9 nitrogen and oxygen atoms in total. The minimum atomic E-state index is -0.681. The average molecular weight is 511 g/mol. The van der Waals surface area contributed by atoms with Crippen LogP contribution in [-0.2, 0) is 19.1 Å². The first kappa shape index (κ1) is 24.8. The van der Waals surface area contributed by atoms with Crippen LogP contribution in [0.1, 0.15) is 6.42 Å². The summed E-state index contributed by atoms with van der Waals surface area (Å²) in [5, 5.41) is 7.46. The maximum Gasteiger partial charge on any atom is 0.311 e. The van der Waals surface area contributed by atoms with E-state index in [4.69, 9.17) is 9.47 Å². The number of anilines is 2. The van der Waals surface area contributed by atoms with E-state index in [0.29, 0.717) is 22.9 Å². The minimum absolute atomic E-state index is 0.000283. The number of para-hydroxylation sites is 3. The van der Waals surface area contributed by atoms with Gasteiger partial charge in [-0.2, -0.15) is 5.10 Å². The molecule has 4 aromatic rings. The first-order valence-corrected chi connectivity index (χ1v) is 12.1. The Morgan fingerprint density at radius 1 is 0.974 bits per heavy atom. The molecule has 1 unspecified atom stereocenters. The van der Waals surface area contributed by atoms with Crippen LogP contribution in [0.2, 0.25) is 0 Å². The SMILES string of the molecule is COc1ccccc1N1CC(C(=O)OCC(=O)Nc2cc(-c3ccccc3)nn2-c2ccccc2)CC1=O. The number of rotatable bonds is 8. The van der Waals surface area contributed by atoms with Crippen LogP contribution >= 0.6 is 0 Å². The normalized spacial score (nSPS) is 14.8. The quantitative estimate of drug-likeness (QED) is 0.359. The molecule has 0 bridgehead atoms. The third-order valence-corrected chi connectivity index (χ3v) is 6.23. The monoisotopic (exact) mass is 510 g/mol.